The zero-order valence-electron chi connectivity index (χ0n) is 86.3. The number of nitrogens with one attached hydrogen (secondary N) is 17. The molecule has 1 rings (SSSR count). The number of carbonyl (C=O) groups is 13. The number of carbonyl (C=O) groups excluding carboxylic acids is 8. The fourth-order valence-electron chi connectivity index (χ4n) is 10.6. The van der Waals surface area contributed by atoms with E-state index >= 15 is 0 Å². The topological polar surface area (TPSA) is 557 Å². The van der Waals surface area contributed by atoms with Crippen LogP contribution < -0.4 is 90.4 Å². The maximum absolute atomic E-state index is 12.2. The lowest BCUT2D eigenvalue weighted by atomic mass is 9.86. The highest BCUT2D eigenvalue weighted by atomic mass is 16.5. The summed E-state index contributed by atoms with van der Waals surface area (Å²) in [4.78, 5) is 150. The van der Waals surface area contributed by atoms with Gasteiger partial charge in [0.1, 0.15) is 30.2 Å². The van der Waals surface area contributed by atoms with Crippen molar-refractivity contribution < 1.29 is 97.7 Å². The van der Waals surface area contributed by atoms with E-state index in [-0.39, 0.29) is 137 Å². The first-order valence-corrected chi connectivity index (χ1v) is 44.9. The van der Waals surface area contributed by atoms with Crippen molar-refractivity contribution >= 4 is 77.1 Å². The molecule has 0 saturated carbocycles. The van der Waals surface area contributed by atoms with Crippen molar-refractivity contribution in [1.82, 2.24) is 90.4 Å². The number of amides is 8. The molecular formula is C93H181N17O20. The summed E-state index contributed by atoms with van der Waals surface area (Å²) >= 11 is 0. The molecule has 23 N–H and O–H groups in total. The van der Waals surface area contributed by atoms with Crippen LogP contribution in [0.4, 0.5) is 0 Å². The van der Waals surface area contributed by atoms with E-state index in [4.69, 9.17) is 20.1 Å². The molecule has 8 amide bonds. The summed E-state index contributed by atoms with van der Waals surface area (Å²) in [6.07, 6.45) is 1.70. The van der Waals surface area contributed by atoms with Gasteiger partial charge >= 0.3 is 29.8 Å². The Morgan fingerprint density at radius 2 is 0.685 bits per heavy atom. The second-order valence-electron chi connectivity index (χ2n) is 44.9. The Morgan fingerprint density at radius 1 is 0.331 bits per heavy atom. The van der Waals surface area contributed by atoms with Crippen molar-refractivity contribution in [3.63, 3.8) is 0 Å². The van der Waals surface area contributed by atoms with E-state index in [9.17, 15) is 77.6 Å². The quantitative estimate of drug-likeness (QED) is 0.0332. The van der Waals surface area contributed by atoms with Crippen molar-refractivity contribution in [2.24, 2.45) is 10.8 Å². The van der Waals surface area contributed by atoms with Gasteiger partial charge in [0.05, 0.1) is 38.8 Å². The van der Waals surface area contributed by atoms with Crippen molar-refractivity contribution in [2.75, 3.05) is 91.8 Å². The Bertz CT molecular complexity index is 3530. The molecule has 0 spiro atoms. The Labute approximate surface area is 779 Å². The normalized spacial score (nSPS) is 13.6. The minimum atomic E-state index is -1.11. The molecule has 0 fully saturated rings. The molecule has 0 radical (unpaired) electrons. The molecule has 6 atom stereocenters. The van der Waals surface area contributed by atoms with Crippen molar-refractivity contribution in [1.29, 1.82) is 0 Å². The second-order valence-corrected chi connectivity index (χ2v) is 44.9. The molecular weight excluding hydrogens is 1680 g/mol. The highest BCUT2D eigenvalue weighted by Gasteiger charge is 2.32. The zero-order chi connectivity index (χ0) is 103. The Kier molecular flexibility index (Phi) is 61.1. The number of rotatable bonds is 44. The maximum Gasteiger partial charge on any atom is 0.322 e. The zero-order valence-corrected chi connectivity index (χ0v) is 86.3. The van der Waals surface area contributed by atoms with Gasteiger partial charge < -0.3 is 104 Å². The van der Waals surface area contributed by atoms with Gasteiger partial charge in [-0.2, -0.15) is 0 Å². The molecule has 0 aromatic heterocycles. The lowest BCUT2D eigenvalue weighted by molar-refractivity contribution is -0.142. The van der Waals surface area contributed by atoms with Gasteiger partial charge in [0.25, 0.3) is 5.91 Å². The molecule has 0 aliphatic heterocycles. The Balaban J connectivity index is -0.000000483. The van der Waals surface area contributed by atoms with Crippen LogP contribution in [0.3, 0.4) is 0 Å². The number of aliphatic carboxylic acids is 5. The molecule has 0 heterocycles. The molecule has 37 heteroatoms. The van der Waals surface area contributed by atoms with Crippen LogP contribution in [-0.2, 0) is 67.7 Å². The van der Waals surface area contributed by atoms with E-state index in [0.29, 0.717) is 45.6 Å². The number of aliphatic hydroxyl groups is 1. The van der Waals surface area contributed by atoms with E-state index in [2.05, 4.69) is 159 Å². The third-order valence-electron chi connectivity index (χ3n) is 16.3. The van der Waals surface area contributed by atoms with Gasteiger partial charge in [0.2, 0.25) is 41.4 Å². The first-order chi connectivity index (χ1) is 58.4. The van der Waals surface area contributed by atoms with Crippen LogP contribution in [0, 0.1) is 10.8 Å². The standard InChI is InChI=1S/C18H35N3O5.C17H28N2O.C16H31N3O5.C15H29N3O5.C14H29N3O3.C13H29N3O/c1-17(2,3)11-15(23)19-8-10-26-9-7-14(22)20-12-13(16(24)25)21-18(4,5)6;1-16(2,3)14-9-7-8-13(12-14)15(20)18-10-11-19-17(4,5)6;1-15(2,3)7-12(21)18-11(9-20)13(22)17-8-10(14(23)24)19-16(4,5)6;1-14(2,3)17-9(7-11(19)20)12(21)16-8-10(13(22)23)18-15(4,5)6;1-13(2,3)16-8-7-11(18)15-9-10(12(19)20)17-14(4,5)6;1-12(2,3)15-9-7-8-14-11(17)10-16-13(4,5)6/h13,21H,7-12H2,1-6H3,(H,19,23)(H,20,22)(H,24,25);7-9,12,19H,10-11H2,1-6H3,(H,18,20);10-11,19-20H,7-9H2,1-6H3,(H,17,22)(H,18,21)(H,23,24);9-10,17-18H,7-8H2,1-6H3,(H,16,21)(H,19,20)(H,22,23);10,16-17H,7-9H2,1-6H3,(H,15,18)(H,19,20);15-16H,7-10H2,1-6H3,(H,14,17)/t;;10-,11?;9-,10+;10-;/m..101./s1. The largest absolute Gasteiger partial charge is 0.481 e. The first-order valence-electron chi connectivity index (χ1n) is 44.9. The number of hydrogen-bond donors (Lipinski definition) is 23. The molecule has 1 aromatic carbocycles. The summed E-state index contributed by atoms with van der Waals surface area (Å²) in [6, 6.07) is 2.25. The van der Waals surface area contributed by atoms with Crippen molar-refractivity contribution in [3.8, 4) is 0 Å². The number of hydrogen-bond acceptors (Lipinski definition) is 24. The van der Waals surface area contributed by atoms with Gasteiger partial charge in [0, 0.05) is 140 Å². The molecule has 0 bridgehead atoms. The van der Waals surface area contributed by atoms with Gasteiger partial charge in [-0.1, -0.05) is 74.4 Å². The van der Waals surface area contributed by atoms with Crippen LogP contribution in [0.1, 0.15) is 304 Å². The van der Waals surface area contributed by atoms with Crippen LogP contribution >= 0.6 is 0 Å². The highest BCUT2D eigenvalue weighted by molar-refractivity contribution is 5.94. The molecule has 0 aliphatic rings. The average molecular weight is 1860 g/mol. The van der Waals surface area contributed by atoms with Crippen LogP contribution in [0.2, 0.25) is 0 Å². The predicted molar refractivity (Wildman–Crippen MR) is 515 cm³/mol. The maximum atomic E-state index is 12.2. The number of aliphatic hydroxyl groups excluding tert-OH is 1. The third kappa shape index (κ3) is 86.6. The molecule has 758 valence electrons. The lowest BCUT2D eigenvalue weighted by Crippen LogP contribution is -2.57. The van der Waals surface area contributed by atoms with Crippen LogP contribution in [0.15, 0.2) is 24.3 Å². The SMILES string of the molecule is CC(C)(C)CC(=O)NC(CO)C(=O)NC[C@@H](NC(C)(C)C)C(=O)O.CC(C)(C)CC(=O)NCCOCCC(=O)NCC(NC(C)(C)C)C(=O)O.CC(C)(C)NCCC(=O)NC[C@@H](NC(C)(C)C)C(=O)O.CC(C)(C)NCCCNC(=O)CNC(C)(C)C.CC(C)(C)NCCNC(=O)c1cccc(C(C)(C)C)c1.CC(C)(C)N[C@@H](CC(=O)O)C(=O)NC[C@@H](NC(C)(C)C)C(=O)O. The van der Waals surface area contributed by atoms with Gasteiger partial charge in [-0.3, -0.25) is 83.6 Å². The molecule has 2 unspecified atom stereocenters. The lowest BCUT2D eigenvalue weighted by Gasteiger charge is -2.29. The second kappa shape index (κ2) is 60.9. The predicted octanol–water partition coefficient (Wildman–Crippen LogP) is 6.03. The minimum absolute atomic E-state index is 0.00758. The molecule has 37 nitrogen and oxygen atoms in total. The summed E-state index contributed by atoms with van der Waals surface area (Å²) in [5.41, 5.74) is -0.149. The minimum Gasteiger partial charge on any atom is -0.481 e. The fraction of sp³-hybridized carbons (Fsp3) is 0.796. The summed E-state index contributed by atoms with van der Waals surface area (Å²) in [7, 11) is 0. The average Bonchev–Trinajstić information content (AvgIpc) is 0.835. The molecule has 0 saturated heterocycles. The van der Waals surface area contributed by atoms with E-state index < -0.39 is 101 Å². The number of carboxylic acid groups (broad SMARTS) is 5. The third-order valence-corrected chi connectivity index (χ3v) is 16.3. The smallest absolute Gasteiger partial charge is 0.322 e. The number of benzene rings is 1. The summed E-state index contributed by atoms with van der Waals surface area (Å²) in [5, 5.41) is 104. The monoisotopic (exact) mass is 1860 g/mol. The van der Waals surface area contributed by atoms with E-state index in [0.717, 1.165) is 31.6 Å². The molecule has 130 heavy (non-hydrogen) atoms. The summed E-state index contributed by atoms with van der Waals surface area (Å²) in [6.45, 7) is 74.8. The van der Waals surface area contributed by atoms with Gasteiger partial charge in [0.15, 0.2) is 0 Å². The number of ether oxygens (including phenoxy) is 1. The Morgan fingerprint density at radius 3 is 1.05 bits per heavy atom. The van der Waals surface area contributed by atoms with Crippen molar-refractivity contribution in [3.05, 3.63) is 35.4 Å². The van der Waals surface area contributed by atoms with Crippen molar-refractivity contribution in [2.45, 2.75) is 379 Å². The van der Waals surface area contributed by atoms with Crippen LogP contribution in [-0.4, -0.2) is 286 Å². The molecule has 0 aliphatic carbocycles. The first kappa shape index (κ1) is 130. The van der Waals surface area contributed by atoms with Gasteiger partial charge in [-0.15, -0.1) is 0 Å². The highest BCUT2D eigenvalue weighted by Crippen LogP contribution is 2.23. The van der Waals surface area contributed by atoms with Crippen LogP contribution in [0.5, 0.6) is 0 Å². The number of carboxylic acids is 5. The molecule has 1 aromatic rings. The van der Waals surface area contributed by atoms with Gasteiger partial charge in [-0.05, 0) is 234 Å². The Hall–Kier alpha value is -8.11. The fourth-order valence-corrected chi connectivity index (χ4v) is 10.6. The van der Waals surface area contributed by atoms with Gasteiger partial charge in [-0.25, -0.2) is 0 Å². The van der Waals surface area contributed by atoms with Crippen LogP contribution in [0.25, 0.3) is 0 Å². The summed E-state index contributed by atoms with van der Waals surface area (Å²) < 4.78 is 5.31. The summed E-state index contributed by atoms with van der Waals surface area (Å²) in [5.74, 6) is -7.16. The van der Waals surface area contributed by atoms with E-state index in [1.165, 1.54) is 5.56 Å². The van der Waals surface area contributed by atoms with E-state index in [1.54, 1.807) is 0 Å². The van der Waals surface area contributed by atoms with E-state index in [1.807, 2.05) is 205 Å².